The van der Waals surface area contributed by atoms with Gasteiger partial charge in [-0.2, -0.15) is 0 Å². The Hall–Kier alpha value is -2.08. The van der Waals surface area contributed by atoms with E-state index in [0.717, 1.165) is 25.9 Å². The van der Waals surface area contributed by atoms with E-state index < -0.39 is 0 Å². The van der Waals surface area contributed by atoms with E-state index >= 15 is 0 Å². The van der Waals surface area contributed by atoms with Crippen LogP contribution in [0.25, 0.3) is 0 Å². The molecule has 0 amide bonds. The molecule has 1 aromatic carbocycles. The number of aryl methyl sites for hydroxylation is 1. The molecule has 0 spiro atoms. The quantitative estimate of drug-likeness (QED) is 0.911. The van der Waals surface area contributed by atoms with Crippen molar-refractivity contribution < 1.29 is 8.78 Å². The molecule has 0 aliphatic carbocycles. The topological polar surface area (TPSA) is 41.1 Å². The second-order valence-electron chi connectivity index (χ2n) is 6.15. The number of likely N-dealkylation sites (tertiary alicyclic amines) is 1. The normalized spacial score (nSPS) is 18.5. The van der Waals surface area contributed by atoms with Gasteiger partial charge in [0.05, 0.1) is 5.69 Å². The molecule has 1 aromatic heterocycles. The molecule has 2 aromatic rings. The van der Waals surface area contributed by atoms with Gasteiger partial charge in [0.2, 0.25) is 0 Å². The van der Waals surface area contributed by atoms with Crippen LogP contribution in [0.1, 0.15) is 31.0 Å². The van der Waals surface area contributed by atoms with Gasteiger partial charge in [-0.3, -0.25) is 4.90 Å². The number of hydrogen-bond donors (Lipinski definition) is 1. The summed E-state index contributed by atoms with van der Waals surface area (Å²) < 4.78 is 28.1. The van der Waals surface area contributed by atoms with E-state index in [-0.39, 0.29) is 23.5 Å². The Labute approximate surface area is 140 Å². The number of piperidine rings is 1. The third-order valence-corrected chi connectivity index (χ3v) is 4.39. The zero-order valence-corrected chi connectivity index (χ0v) is 13.8. The molecule has 0 radical (unpaired) electrons. The van der Waals surface area contributed by atoms with Crippen LogP contribution in [0.4, 0.5) is 14.6 Å². The summed E-state index contributed by atoms with van der Waals surface area (Å²) in [6, 6.07) is 6.93. The molecular weight excluding hydrogens is 310 g/mol. The molecule has 4 nitrogen and oxygen atoms in total. The van der Waals surface area contributed by atoms with Crippen LogP contribution >= 0.6 is 0 Å². The first-order valence-electron chi connectivity index (χ1n) is 8.39. The van der Waals surface area contributed by atoms with Gasteiger partial charge in [-0.15, -0.1) is 0 Å². The van der Waals surface area contributed by atoms with Crippen LogP contribution in [-0.2, 0) is 13.0 Å². The second kappa shape index (κ2) is 7.66. The van der Waals surface area contributed by atoms with Gasteiger partial charge in [-0.25, -0.2) is 18.7 Å². The van der Waals surface area contributed by atoms with Crippen LogP contribution < -0.4 is 5.32 Å². The molecule has 0 bridgehead atoms. The number of benzene rings is 1. The number of nitrogens with one attached hydrogen (secondary N) is 1. The molecule has 1 fully saturated rings. The van der Waals surface area contributed by atoms with E-state index in [2.05, 4.69) is 20.2 Å². The van der Waals surface area contributed by atoms with Gasteiger partial charge < -0.3 is 5.32 Å². The lowest BCUT2D eigenvalue weighted by Gasteiger charge is -2.33. The van der Waals surface area contributed by atoms with Gasteiger partial charge in [-0.1, -0.05) is 25.1 Å². The van der Waals surface area contributed by atoms with Crippen LogP contribution in [0.5, 0.6) is 0 Å². The highest BCUT2D eigenvalue weighted by Gasteiger charge is 2.22. The van der Waals surface area contributed by atoms with E-state index in [9.17, 15) is 8.78 Å². The van der Waals surface area contributed by atoms with Crippen molar-refractivity contribution in [3.8, 4) is 0 Å². The van der Waals surface area contributed by atoms with Gasteiger partial charge in [0.1, 0.15) is 12.1 Å². The Kier molecular flexibility index (Phi) is 5.35. The fourth-order valence-electron chi connectivity index (χ4n) is 3.13. The largest absolute Gasteiger partial charge is 0.364 e. The molecule has 128 valence electrons. The molecule has 1 saturated heterocycles. The third kappa shape index (κ3) is 3.87. The fraction of sp³-hybridized carbons (Fsp3) is 0.444. The van der Waals surface area contributed by atoms with Gasteiger partial charge in [0.25, 0.3) is 0 Å². The third-order valence-electron chi connectivity index (χ3n) is 4.39. The predicted octanol–water partition coefficient (Wildman–Crippen LogP) is 3.39. The van der Waals surface area contributed by atoms with Crippen LogP contribution in [-0.4, -0.2) is 34.0 Å². The Morgan fingerprint density at radius 3 is 2.88 bits per heavy atom. The average molecular weight is 332 g/mol. The van der Waals surface area contributed by atoms with Crippen molar-refractivity contribution in [2.75, 3.05) is 18.4 Å². The summed E-state index contributed by atoms with van der Waals surface area (Å²) in [7, 11) is 0. The first-order chi connectivity index (χ1) is 11.7. The number of nitrogens with zero attached hydrogens (tertiary/aromatic N) is 3. The summed E-state index contributed by atoms with van der Waals surface area (Å²) in [6.07, 6.45) is 3.86. The van der Waals surface area contributed by atoms with Crippen molar-refractivity contribution in [2.24, 2.45) is 0 Å². The van der Waals surface area contributed by atoms with Crippen molar-refractivity contribution in [1.29, 1.82) is 0 Å². The van der Waals surface area contributed by atoms with Crippen molar-refractivity contribution in [3.05, 3.63) is 53.5 Å². The Morgan fingerprint density at radius 1 is 1.25 bits per heavy atom. The Morgan fingerprint density at radius 2 is 2.08 bits per heavy atom. The Balaban J connectivity index is 1.65. The highest BCUT2D eigenvalue weighted by Crippen LogP contribution is 2.20. The van der Waals surface area contributed by atoms with Crippen molar-refractivity contribution in [1.82, 2.24) is 14.9 Å². The van der Waals surface area contributed by atoms with Gasteiger partial charge in [0, 0.05) is 24.7 Å². The molecular formula is C18H22F2N4. The summed E-state index contributed by atoms with van der Waals surface area (Å²) in [5, 5.41) is 3.19. The number of aromatic nitrogens is 2. The van der Waals surface area contributed by atoms with Crippen LogP contribution in [0.15, 0.2) is 30.6 Å². The maximum absolute atomic E-state index is 14.3. The molecule has 1 N–H and O–H groups in total. The SMILES string of the molecule is CCc1ncnc(NC2CCCN(Cc3ccccc3F)C2)c1F. The van der Waals surface area contributed by atoms with E-state index in [0.29, 0.717) is 24.2 Å². The van der Waals surface area contributed by atoms with Crippen LogP contribution in [0.2, 0.25) is 0 Å². The molecule has 1 aliphatic rings. The van der Waals surface area contributed by atoms with E-state index in [1.165, 1.54) is 12.4 Å². The average Bonchev–Trinajstić information content (AvgIpc) is 2.59. The summed E-state index contributed by atoms with van der Waals surface area (Å²) in [5.41, 5.74) is 1.12. The van der Waals surface area contributed by atoms with Crippen LogP contribution in [0, 0.1) is 11.6 Å². The summed E-state index contributed by atoms with van der Waals surface area (Å²) >= 11 is 0. The first-order valence-corrected chi connectivity index (χ1v) is 8.39. The molecule has 1 unspecified atom stereocenters. The second-order valence-corrected chi connectivity index (χ2v) is 6.15. The minimum Gasteiger partial charge on any atom is -0.364 e. The molecule has 2 heterocycles. The standard InChI is InChI=1S/C18H22F2N4/c1-2-16-17(20)18(22-12-21-16)23-14-7-5-9-24(11-14)10-13-6-3-4-8-15(13)19/h3-4,6,8,12,14H,2,5,7,9-11H2,1H3,(H,21,22,23). The van der Waals surface area contributed by atoms with Crippen molar-refractivity contribution in [3.63, 3.8) is 0 Å². The number of halogens is 2. The maximum atomic E-state index is 14.3. The zero-order valence-electron chi connectivity index (χ0n) is 13.8. The van der Waals surface area contributed by atoms with Gasteiger partial charge in [0.15, 0.2) is 11.6 Å². The van der Waals surface area contributed by atoms with E-state index in [4.69, 9.17) is 0 Å². The van der Waals surface area contributed by atoms with E-state index in [1.54, 1.807) is 6.07 Å². The summed E-state index contributed by atoms with van der Waals surface area (Å²) in [5.74, 6) is -0.284. The lowest BCUT2D eigenvalue weighted by atomic mass is 10.0. The maximum Gasteiger partial charge on any atom is 0.186 e. The number of anilines is 1. The van der Waals surface area contributed by atoms with Gasteiger partial charge in [-0.05, 0) is 31.9 Å². The van der Waals surface area contributed by atoms with Crippen molar-refractivity contribution in [2.45, 2.75) is 38.8 Å². The minimum atomic E-state index is -0.369. The fourth-order valence-corrected chi connectivity index (χ4v) is 3.13. The smallest absolute Gasteiger partial charge is 0.186 e. The summed E-state index contributed by atoms with van der Waals surface area (Å²) in [6.45, 7) is 4.08. The highest BCUT2D eigenvalue weighted by atomic mass is 19.1. The number of hydrogen-bond acceptors (Lipinski definition) is 4. The van der Waals surface area contributed by atoms with E-state index in [1.807, 2.05) is 19.1 Å². The van der Waals surface area contributed by atoms with Crippen LogP contribution in [0.3, 0.4) is 0 Å². The lowest BCUT2D eigenvalue weighted by molar-refractivity contribution is 0.206. The monoisotopic (exact) mass is 332 g/mol. The molecule has 3 rings (SSSR count). The first kappa shape index (κ1) is 16.8. The predicted molar refractivity (Wildman–Crippen MR) is 89.7 cm³/mol. The minimum absolute atomic E-state index is 0.0969. The molecule has 24 heavy (non-hydrogen) atoms. The van der Waals surface area contributed by atoms with Crippen molar-refractivity contribution >= 4 is 5.82 Å². The molecule has 1 aliphatic heterocycles. The summed E-state index contributed by atoms with van der Waals surface area (Å²) in [4.78, 5) is 10.2. The highest BCUT2D eigenvalue weighted by molar-refractivity contribution is 5.38. The molecule has 0 saturated carbocycles. The number of rotatable bonds is 5. The molecule has 1 atom stereocenters. The zero-order chi connectivity index (χ0) is 16.9. The Bertz CT molecular complexity index is 692. The van der Waals surface area contributed by atoms with Gasteiger partial charge >= 0.3 is 0 Å². The molecule has 6 heteroatoms. The lowest BCUT2D eigenvalue weighted by Crippen LogP contribution is -2.42.